The van der Waals surface area contributed by atoms with Gasteiger partial charge >= 0.3 is 6.09 Å². The normalized spacial score (nSPS) is 24.2. The second kappa shape index (κ2) is 4.72. The van der Waals surface area contributed by atoms with Crippen LogP contribution < -0.4 is 10.9 Å². The molecule has 0 atom stereocenters. The highest BCUT2D eigenvalue weighted by molar-refractivity contribution is 5.81. The zero-order chi connectivity index (χ0) is 12.3. The Morgan fingerprint density at radius 2 is 1.75 bits per heavy atom. The van der Waals surface area contributed by atoms with Gasteiger partial charge in [0.15, 0.2) is 0 Å². The standard InChI is InChI=1S/C11H20N2O3/c1-7-5-8(6-7)9(14)12-13-10(15)16-11(2,3)4/h7-8H,5-6H2,1-4H3,(H,12,14)(H,13,15). The molecule has 0 aromatic carbocycles. The average molecular weight is 228 g/mol. The molecule has 0 saturated heterocycles. The first-order valence-electron chi connectivity index (χ1n) is 5.57. The molecule has 0 bridgehead atoms. The Morgan fingerprint density at radius 1 is 1.19 bits per heavy atom. The van der Waals surface area contributed by atoms with Crippen molar-refractivity contribution in [1.29, 1.82) is 0 Å². The lowest BCUT2D eigenvalue weighted by atomic mass is 9.76. The molecular weight excluding hydrogens is 208 g/mol. The van der Waals surface area contributed by atoms with Gasteiger partial charge in [-0.15, -0.1) is 0 Å². The van der Waals surface area contributed by atoms with Gasteiger partial charge in [0.1, 0.15) is 5.60 Å². The van der Waals surface area contributed by atoms with E-state index in [4.69, 9.17) is 4.74 Å². The van der Waals surface area contributed by atoms with Crippen LogP contribution in [0.4, 0.5) is 4.79 Å². The first-order chi connectivity index (χ1) is 7.28. The molecule has 1 aliphatic carbocycles. The molecule has 16 heavy (non-hydrogen) atoms. The maximum absolute atomic E-state index is 11.5. The van der Waals surface area contributed by atoms with Gasteiger partial charge in [0, 0.05) is 5.92 Å². The Labute approximate surface area is 95.9 Å². The summed E-state index contributed by atoms with van der Waals surface area (Å²) in [5.41, 5.74) is 4.05. The summed E-state index contributed by atoms with van der Waals surface area (Å²) in [6.45, 7) is 7.40. The fourth-order valence-electron chi connectivity index (χ4n) is 1.63. The lowest BCUT2D eigenvalue weighted by molar-refractivity contribution is -0.129. The first-order valence-corrected chi connectivity index (χ1v) is 5.57. The summed E-state index contributed by atoms with van der Waals surface area (Å²) in [5, 5.41) is 0. The summed E-state index contributed by atoms with van der Waals surface area (Å²) >= 11 is 0. The van der Waals surface area contributed by atoms with Crippen LogP contribution in [0, 0.1) is 11.8 Å². The molecule has 2 amide bonds. The minimum atomic E-state index is -0.631. The molecule has 0 aliphatic heterocycles. The smallest absolute Gasteiger partial charge is 0.426 e. The summed E-state index contributed by atoms with van der Waals surface area (Å²) in [6.07, 6.45) is 1.15. The number of ether oxygens (including phenoxy) is 1. The minimum absolute atomic E-state index is 0.0323. The molecule has 0 heterocycles. The molecule has 1 fully saturated rings. The Bertz CT molecular complexity index is 277. The van der Waals surface area contributed by atoms with E-state index in [2.05, 4.69) is 17.8 Å². The van der Waals surface area contributed by atoms with Crippen molar-refractivity contribution in [3.8, 4) is 0 Å². The van der Waals surface area contributed by atoms with Crippen molar-refractivity contribution < 1.29 is 14.3 Å². The van der Waals surface area contributed by atoms with E-state index in [9.17, 15) is 9.59 Å². The molecule has 5 heteroatoms. The van der Waals surface area contributed by atoms with Gasteiger partial charge in [0.05, 0.1) is 0 Å². The van der Waals surface area contributed by atoms with Gasteiger partial charge in [-0.05, 0) is 39.5 Å². The molecule has 5 nitrogen and oxygen atoms in total. The summed E-state index contributed by atoms with van der Waals surface area (Å²) < 4.78 is 4.98. The maximum Gasteiger partial charge on any atom is 0.426 e. The molecule has 0 aromatic rings. The molecule has 0 unspecified atom stereocenters. The molecule has 0 aromatic heterocycles. The first kappa shape index (κ1) is 12.8. The number of amides is 2. The van der Waals surface area contributed by atoms with Crippen molar-refractivity contribution in [2.24, 2.45) is 11.8 Å². The van der Waals surface area contributed by atoms with Gasteiger partial charge in [-0.2, -0.15) is 0 Å². The van der Waals surface area contributed by atoms with E-state index < -0.39 is 11.7 Å². The largest absolute Gasteiger partial charge is 0.443 e. The zero-order valence-corrected chi connectivity index (χ0v) is 10.3. The van der Waals surface area contributed by atoms with E-state index in [0.29, 0.717) is 5.92 Å². The fourth-order valence-corrected chi connectivity index (χ4v) is 1.63. The third kappa shape index (κ3) is 4.08. The van der Waals surface area contributed by atoms with Crippen LogP contribution in [-0.2, 0) is 9.53 Å². The van der Waals surface area contributed by atoms with Crippen LogP contribution in [0.2, 0.25) is 0 Å². The van der Waals surface area contributed by atoms with Crippen LogP contribution in [0.1, 0.15) is 40.5 Å². The number of nitrogens with one attached hydrogen (secondary N) is 2. The molecule has 92 valence electrons. The molecule has 1 saturated carbocycles. The SMILES string of the molecule is CC1CC(C(=O)NNC(=O)OC(C)(C)C)C1. The third-order valence-corrected chi connectivity index (χ3v) is 2.43. The molecule has 0 radical (unpaired) electrons. The quantitative estimate of drug-likeness (QED) is 0.670. The predicted molar refractivity (Wildman–Crippen MR) is 59.4 cm³/mol. The Kier molecular flexibility index (Phi) is 3.78. The number of rotatable bonds is 1. The lowest BCUT2D eigenvalue weighted by Gasteiger charge is -2.31. The van der Waals surface area contributed by atoms with Crippen LogP contribution in [0.5, 0.6) is 0 Å². The van der Waals surface area contributed by atoms with Gasteiger partial charge in [0.25, 0.3) is 0 Å². The monoisotopic (exact) mass is 228 g/mol. The van der Waals surface area contributed by atoms with E-state index >= 15 is 0 Å². The van der Waals surface area contributed by atoms with Crippen LogP contribution in [0.3, 0.4) is 0 Å². The van der Waals surface area contributed by atoms with Crippen molar-refractivity contribution in [2.45, 2.75) is 46.1 Å². The molecular formula is C11H20N2O3. The van der Waals surface area contributed by atoms with Crippen molar-refractivity contribution in [3.05, 3.63) is 0 Å². The number of carbonyl (C=O) groups is 2. The zero-order valence-electron chi connectivity index (χ0n) is 10.3. The molecule has 1 aliphatic rings. The van der Waals surface area contributed by atoms with E-state index in [-0.39, 0.29) is 11.8 Å². The summed E-state index contributed by atoms with van der Waals surface area (Å²) in [7, 11) is 0. The summed E-state index contributed by atoms with van der Waals surface area (Å²) in [4.78, 5) is 22.7. The van der Waals surface area contributed by atoms with Crippen LogP contribution in [0.25, 0.3) is 0 Å². The van der Waals surface area contributed by atoms with E-state index in [1.807, 2.05) is 0 Å². The minimum Gasteiger partial charge on any atom is -0.443 e. The second-order valence-corrected chi connectivity index (χ2v) is 5.39. The third-order valence-electron chi connectivity index (χ3n) is 2.43. The highest BCUT2D eigenvalue weighted by Crippen LogP contribution is 2.32. The highest BCUT2D eigenvalue weighted by atomic mass is 16.6. The van der Waals surface area contributed by atoms with Gasteiger partial charge in [-0.3, -0.25) is 10.2 Å². The number of hydrazine groups is 1. The Balaban J connectivity index is 2.19. The van der Waals surface area contributed by atoms with E-state index in [1.165, 1.54) is 0 Å². The van der Waals surface area contributed by atoms with Gasteiger partial charge in [-0.25, -0.2) is 10.2 Å². The maximum atomic E-state index is 11.5. The van der Waals surface area contributed by atoms with E-state index in [1.54, 1.807) is 20.8 Å². The lowest BCUT2D eigenvalue weighted by Crippen LogP contribution is -2.48. The van der Waals surface area contributed by atoms with Crippen molar-refractivity contribution >= 4 is 12.0 Å². The van der Waals surface area contributed by atoms with Gasteiger partial charge in [-0.1, -0.05) is 6.92 Å². The average Bonchev–Trinajstić information content (AvgIpc) is 2.06. The Hall–Kier alpha value is -1.26. The number of hydrogen-bond donors (Lipinski definition) is 2. The van der Waals surface area contributed by atoms with Crippen molar-refractivity contribution in [3.63, 3.8) is 0 Å². The van der Waals surface area contributed by atoms with Crippen molar-refractivity contribution in [1.82, 2.24) is 10.9 Å². The van der Waals surface area contributed by atoms with Crippen LogP contribution >= 0.6 is 0 Å². The predicted octanol–water partition coefficient (Wildman–Crippen LogP) is 1.59. The number of carbonyl (C=O) groups excluding carboxylic acids is 2. The van der Waals surface area contributed by atoms with Crippen LogP contribution in [0.15, 0.2) is 0 Å². The van der Waals surface area contributed by atoms with Crippen LogP contribution in [-0.4, -0.2) is 17.6 Å². The summed E-state index contributed by atoms with van der Waals surface area (Å²) in [5.74, 6) is 0.506. The van der Waals surface area contributed by atoms with Gasteiger partial charge in [0.2, 0.25) is 5.91 Å². The summed E-state index contributed by atoms with van der Waals surface area (Å²) in [6, 6.07) is 0. The molecule has 2 N–H and O–H groups in total. The Morgan fingerprint density at radius 3 is 2.19 bits per heavy atom. The van der Waals surface area contributed by atoms with Crippen molar-refractivity contribution in [2.75, 3.05) is 0 Å². The second-order valence-electron chi connectivity index (χ2n) is 5.39. The van der Waals surface area contributed by atoms with E-state index in [0.717, 1.165) is 12.8 Å². The van der Waals surface area contributed by atoms with Gasteiger partial charge < -0.3 is 4.74 Å². The topological polar surface area (TPSA) is 67.4 Å². The number of hydrogen-bond acceptors (Lipinski definition) is 3. The fraction of sp³-hybridized carbons (Fsp3) is 0.818. The highest BCUT2D eigenvalue weighted by Gasteiger charge is 2.31. The molecule has 1 rings (SSSR count). The molecule has 0 spiro atoms.